The molecule has 4 fully saturated rings. The largest absolute Gasteiger partial charge is 0.379 e. The van der Waals surface area contributed by atoms with E-state index in [9.17, 15) is 14.4 Å². The van der Waals surface area contributed by atoms with Gasteiger partial charge in [0.05, 0.1) is 19.3 Å². The molecule has 0 aromatic heterocycles. The third-order valence-corrected chi connectivity index (χ3v) is 7.96. The highest BCUT2D eigenvalue weighted by Crippen LogP contribution is 2.34. The van der Waals surface area contributed by atoms with Gasteiger partial charge in [-0.15, -0.1) is 0 Å². The number of piperazine rings is 1. The predicted octanol–water partition coefficient (Wildman–Crippen LogP) is 0.581. The Morgan fingerprint density at radius 3 is 2.39 bits per heavy atom. The monoisotopic (exact) mass is 497 g/mol. The zero-order valence-electron chi connectivity index (χ0n) is 21.4. The lowest BCUT2D eigenvalue weighted by molar-refractivity contribution is -0.137. The van der Waals surface area contributed by atoms with Gasteiger partial charge in [-0.3, -0.25) is 19.3 Å². The van der Waals surface area contributed by atoms with Gasteiger partial charge in [0.2, 0.25) is 11.8 Å². The van der Waals surface area contributed by atoms with Crippen molar-refractivity contribution in [1.82, 2.24) is 24.9 Å². The molecule has 1 aliphatic carbocycles. The van der Waals surface area contributed by atoms with Crippen LogP contribution < -0.4 is 5.32 Å². The maximum absolute atomic E-state index is 13.7. The van der Waals surface area contributed by atoms with E-state index in [0.717, 1.165) is 64.3 Å². The maximum atomic E-state index is 13.7. The average Bonchev–Trinajstić information content (AvgIpc) is 3.68. The number of aryl methyl sites for hydroxylation is 1. The SMILES string of the molecule is Cc1ccc(C(=O)N2CC(N(CCN3CCOCC3)C(=O)C3CC3)CC2C(=O)N2CCNCC2)cc1. The van der Waals surface area contributed by atoms with Crippen LogP contribution in [0.1, 0.15) is 35.2 Å². The van der Waals surface area contributed by atoms with E-state index in [1.807, 2.05) is 41.0 Å². The molecule has 4 aliphatic rings. The van der Waals surface area contributed by atoms with Crippen LogP contribution in [-0.4, -0.2) is 122 Å². The number of hydrogen-bond acceptors (Lipinski definition) is 6. The van der Waals surface area contributed by atoms with E-state index in [1.165, 1.54) is 0 Å². The fourth-order valence-electron chi connectivity index (χ4n) is 5.57. The molecular formula is C27H39N5O4. The first kappa shape index (κ1) is 25.2. The Balaban J connectivity index is 1.36. The van der Waals surface area contributed by atoms with Crippen molar-refractivity contribution in [2.75, 3.05) is 72.1 Å². The Morgan fingerprint density at radius 2 is 1.72 bits per heavy atom. The summed E-state index contributed by atoms with van der Waals surface area (Å²) in [5.41, 5.74) is 1.68. The van der Waals surface area contributed by atoms with Gasteiger partial charge in [0.1, 0.15) is 6.04 Å². The predicted molar refractivity (Wildman–Crippen MR) is 136 cm³/mol. The number of hydrogen-bond donors (Lipinski definition) is 1. The molecule has 2 atom stereocenters. The molecule has 5 rings (SSSR count). The standard InChI is InChI=1S/C27H39N5O4/c1-20-2-4-21(5-3-20)26(34)32-19-23(18-24(32)27(35)30-10-8-28-9-11-30)31(25(33)22-6-7-22)13-12-29-14-16-36-17-15-29/h2-5,22-24,28H,6-19H2,1H3. The summed E-state index contributed by atoms with van der Waals surface area (Å²) in [4.78, 5) is 48.7. The number of carbonyl (C=O) groups is 3. The molecule has 0 spiro atoms. The molecule has 36 heavy (non-hydrogen) atoms. The van der Waals surface area contributed by atoms with Crippen LogP contribution in [0.4, 0.5) is 0 Å². The smallest absolute Gasteiger partial charge is 0.254 e. The zero-order valence-corrected chi connectivity index (χ0v) is 21.4. The van der Waals surface area contributed by atoms with E-state index in [-0.39, 0.29) is 29.7 Å². The summed E-state index contributed by atoms with van der Waals surface area (Å²) in [6.07, 6.45) is 2.38. The van der Waals surface area contributed by atoms with E-state index in [2.05, 4.69) is 10.2 Å². The summed E-state index contributed by atoms with van der Waals surface area (Å²) in [6, 6.07) is 6.84. The Kier molecular flexibility index (Phi) is 7.88. The van der Waals surface area contributed by atoms with Crippen molar-refractivity contribution >= 4 is 17.7 Å². The Bertz CT molecular complexity index is 938. The van der Waals surface area contributed by atoms with Crippen LogP contribution in [0.15, 0.2) is 24.3 Å². The first-order chi connectivity index (χ1) is 17.5. The molecule has 1 N–H and O–H groups in total. The van der Waals surface area contributed by atoms with Gasteiger partial charge in [-0.2, -0.15) is 0 Å². The van der Waals surface area contributed by atoms with Crippen LogP contribution in [0.5, 0.6) is 0 Å². The number of likely N-dealkylation sites (tertiary alicyclic amines) is 1. The molecule has 2 unspecified atom stereocenters. The van der Waals surface area contributed by atoms with E-state index >= 15 is 0 Å². The molecule has 3 heterocycles. The molecule has 9 heteroatoms. The minimum absolute atomic E-state index is 0.00598. The second kappa shape index (κ2) is 11.3. The van der Waals surface area contributed by atoms with Crippen molar-refractivity contribution in [3.05, 3.63) is 35.4 Å². The summed E-state index contributed by atoms with van der Waals surface area (Å²) in [5, 5.41) is 3.29. The van der Waals surface area contributed by atoms with Crippen LogP contribution in [-0.2, 0) is 14.3 Å². The molecule has 3 amide bonds. The highest BCUT2D eigenvalue weighted by molar-refractivity contribution is 5.98. The van der Waals surface area contributed by atoms with Gasteiger partial charge < -0.3 is 24.8 Å². The minimum atomic E-state index is -0.542. The van der Waals surface area contributed by atoms with Gasteiger partial charge in [0.25, 0.3) is 5.91 Å². The summed E-state index contributed by atoms with van der Waals surface area (Å²) in [5.74, 6) is 0.162. The van der Waals surface area contributed by atoms with E-state index < -0.39 is 6.04 Å². The third-order valence-electron chi connectivity index (χ3n) is 7.96. The second-order valence-electron chi connectivity index (χ2n) is 10.6. The normalized spacial score (nSPS) is 25.1. The Labute approximate surface area is 213 Å². The molecule has 196 valence electrons. The van der Waals surface area contributed by atoms with Crippen molar-refractivity contribution < 1.29 is 19.1 Å². The lowest BCUT2D eigenvalue weighted by atomic mass is 10.1. The number of carbonyl (C=O) groups excluding carboxylic acids is 3. The van der Waals surface area contributed by atoms with Crippen LogP contribution >= 0.6 is 0 Å². The highest BCUT2D eigenvalue weighted by atomic mass is 16.5. The number of ether oxygens (including phenoxy) is 1. The number of amides is 3. The van der Waals surface area contributed by atoms with E-state index in [4.69, 9.17) is 4.74 Å². The zero-order chi connectivity index (χ0) is 25.1. The molecular weight excluding hydrogens is 458 g/mol. The van der Waals surface area contributed by atoms with Gasteiger partial charge in [-0.05, 0) is 38.3 Å². The lowest BCUT2D eigenvalue weighted by Crippen LogP contribution is -2.53. The Hall–Kier alpha value is -2.49. The van der Waals surface area contributed by atoms with E-state index in [1.54, 1.807) is 4.90 Å². The van der Waals surface area contributed by atoms with Crippen LogP contribution in [0, 0.1) is 12.8 Å². The van der Waals surface area contributed by atoms with Crippen LogP contribution in [0.25, 0.3) is 0 Å². The van der Waals surface area contributed by atoms with Gasteiger partial charge >= 0.3 is 0 Å². The van der Waals surface area contributed by atoms with Crippen molar-refractivity contribution in [1.29, 1.82) is 0 Å². The molecule has 3 aliphatic heterocycles. The molecule has 0 bridgehead atoms. The summed E-state index contributed by atoms with van der Waals surface area (Å²) in [7, 11) is 0. The molecule has 3 saturated heterocycles. The topological polar surface area (TPSA) is 85.4 Å². The third kappa shape index (κ3) is 5.74. The van der Waals surface area contributed by atoms with Crippen molar-refractivity contribution in [3.63, 3.8) is 0 Å². The van der Waals surface area contributed by atoms with Crippen molar-refractivity contribution in [3.8, 4) is 0 Å². The first-order valence-electron chi connectivity index (χ1n) is 13.5. The minimum Gasteiger partial charge on any atom is -0.379 e. The second-order valence-corrected chi connectivity index (χ2v) is 10.6. The van der Waals surface area contributed by atoms with E-state index in [0.29, 0.717) is 38.2 Å². The molecule has 0 radical (unpaired) electrons. The van der Waals surface area contributed by atoms with Crippen LogP contribution in [0.3, 0.4) is 0 Å². The number of benzene rings is 1. The van der Waals surface area contributed by atoms with Gasteiger partial charge in [-0.25, -0.2) is 0 Å². The van der Waals surface area contributed by atoms with Gasteiger partial charge in [0, 0.05) is 70.4 Å². The molecule has 1 aromatic carbocycles. The van der Waals surface area contributed by atoms with Crippen LogP contribution in [0.2, 0.25) is 0 Å². The van der Waals surface area contributed by atoms with Gasteiger partial charge in [0.15, 0.2) is 0 Å². The lowest BCUT2D eigenvalue weighted by Gasteiger charge is -2.33. The molecule has 9 nitrogen and oxygen atoms in total. The number of nitrogens with one attached hydrogen (secondary N) is 1. The summed E-state index contributed by atoms with van der Waals surface area (Å²) in [6.45, 7) is 9.82. The maximum Gasteiger partial charge on any atom is 0.254 e. The number of nitrogens with zero attached hydrogens (tertiary/aromatic N) is 4. The number of morpholine rings is 1. The van der Waals surface area contributed by atoms with Crippen molar-refractivity contribution in [2.45, 2.75) is 38.3 Å². The average molecular weight is 498 g/mol. The summed E-state index contributed by atoms with van der Waals surface area (Å²) < 4.78 is 5.48. The Morgan fingerprint density at radius 1 is 1.03 bits per heavy atom. The molecule has 1 aromatic rings. The molecule has 1 saturated carbocycles. The fourth-order valence-corrected chi connectivity index (χ4v) is 5.57. The van der Waals surface area contributed by atoms with Crippen molar-refractivity contribution in [2.24, 2.45) is 5.92 Å². The fraction of sp³-hybridized carbons (Fsp3) is 0.667. The summed E-state index contributed by atoms with van der Waals surface area (Å²) >= 11 is 0. The highest BCUT2D eigenvalue weighted by Gasteiger charge is 2.46. The quantitative estimate of drug-likeness (QED) is 0.593. The first-order valence-corrected chi connectivity index (χ1v) is 13.5. The number of rotatable bonds is 7. The van der Waals surface area contributed by atoms with Gasteiger partial charge in [-0.1, -0.05) is 17.7 Å².